The van der Waals surface area contributed by atoms with Gasteiger partial charge in [0.25, 0.3) is 0 Å². The molecule has 1 aromatic carbocycles. The Bertz CT molecular complexity index is 742. The van der Waals surface area contributed by atoms with E-state index in [0.29, 0.717) is 17.8 Å². The van der Waals surface area contributed by atoms with Gasteiger partial charge >= 0.3 is 0 Å². The maximum absolute atomic E-state index is 5.44. The van der Waals surface area contributed by atoms with Gasteiger partial charge in [0.15, 0.2) is 0 Å². The van der Waals surface area contributed by atoms with Gasteiger partial charge in [-0.05, 0) is 42.7 Å². The third kappa shape index (κ3) is 4.78. The zero-order chi connectivity index (χ0) is 20.0. The molecule has 150 valence electrons. The highest BCUT2D eigenvalue weighted by molar-refractivity contribution is 5.85. The normalized spacial score (nSPS) is 14.9. The number of ether oxygens (including phenoxy) is 1. The number of rotatable bonds is 11. The number of fused-ring (bicyclic) bond motifs is 1. The number of aryl methyl sites for hydroxylation is 2. The van der Waals surface area contributed by atoms with Crippen LogP contribution in [0.2, 0.25) is 0 Å². The lowest BCUT2D eigenvalue weighted by atomic mass is 9.79. The standard InChI is InChI=1S/C25H39NO/c1-8-10-14-21(17-18(3)20(5)27-7)19(4)25-23(13-9-2)22-15-11-12-16-24(22)26(25)6/h11-12,15-16,18-19,21H,5,8-10,13-14,17H2,1-4,6-7H3. The lowest BCUT2D eigenvalue weighted by Crippen LogP contribution is -2.18. The molecule has 3 atom stereocenters. The minimum absolute atomic E-state index is 0.392. The van der Waals surface area contributed by atoms with E-state index in [2.05, 4.69) is 70.2 Å². The molecule has 0 bridgehead atoms. The molecule has 0 radical (unpaired) electrons. The molecule has 2 aromatic rings. The van der Waals surface area contributed by atoms with E-state index in [9.17, 15) is 0 Å². The fraction of sp³-hybridized carbons (Fsp3) is 0.600. The molecular weight excluding hydrogens is 330 g/mol. The zero-order valence-electron chi connectivity index (χ0n) is 18.3. The van der Waals surface area contributed by atoms with Crippen molar-refractivity contribution in [2.75, 3.05) is 7.11 Å². The smallest absolute Gasteiger partial charge is 0.0912 e. The Hall–Kier alpha value is -1.70. The van der Waals surface area contributed by atoms with Crippen molar-refractivity contribution in [2.24, 2.45) is 18.9 Å². The molecule has 2 heteroatoms. The van der Waals surface area contributed by atoms with Crippen LogP contribution >= 0.6 is 0 Å². The van der Waals surface area contributed by atoms with Crippen LogP contribution in [-0.2, 0) is 18.2 Å². The van der Waals surface area contributed by atoms with Crippen LogP contribution in [0.4, 0.5) is 0 Å². The highest BCUT2D eigenvalue weighted by Gasteiger charge is 2.27. The molecule has 0 fully saturated rings. The molecule has 0 aliphatic carbocycles. The van der Waals surface area contributed by atoms with Gasteiger partial charge in [-0.25, -0.2) is 0 Å². The topological polar surface area (TPSA) is 14.2 Å². The number of hydrogen-bond acceptors (Lipinski definition) is 1. The summed E-state index contributed by atoms with van der Waals surface area (Å²) >= 11 is 0. The predicted octanol–water partition coefficient (Wildman–Crippen LogP) is 7.23. The van der Waals surface area contributed by atoms with Crippen LogP contribution in [0.15, 0.2) is 36.6 Å². The summed E-state index contributed by atoms with van der Waals surface area (Å²) in [4.78, 5) is 0. The van der Waals surface area contributed by atoms with Gasteiger partial charge in [-0.2, -0.15) is 0 Å². The first kappa shape index (κ1) is 21.6. The molecular formula is C25H39NO. The Balaban J connectivity index is 2.43. The summed E-state index contributed by atoms with van der Waals surface area (Å²) in [6, 6.07) is 8.90. The molecule has 0 saturated carbocycles. The quantitative estimate of drug-likeness (QED) is 0.381. The summed E-state index contributed by atoms with van der Waals surface area (Å²) < 4.78 is 7.90. The Morgan fingerprint density at radius 1 is 1.15 bits per heavy atom. The lowest BCUT2D eigenvalue weighted by Gasteiger charge is -2.29. The maximum Gasteiger partial charge on any atom is 0.0912 e. The number of unbranched alkanes of at least 4 members (excludes halogenated alkanes) is 1. The van der Waals surface area contributed by atoms with Gasteiger partial charge in [-0.3, -0.25) is 0 Å². The molecule has 2 rings (SSSR count). The number of methoxy groups -OCH3 is 1. The SMILES string of the molecule is C=C(OC)C(C)CC(CCCC)C(C)c1c(CCC)c2ccccc2n1C. The fourth-order valence-electron chi connectivity index (χ4n) is 4.63. The number of nitrogens with zero attached hydrogens (tertiary/aromatic N) is 1. The van der Waals surface area contributed by atoms with Gasteiger partial charge in [0.2, 0.25) is 0 Å². The number of para-hydroxylation sites is 1. The van der Waals surface area contributed by atoms with E-state index in [0.717, 1.165) is 18.6 Å². The van der Waals surface area contributed by atoms with Crippen LogP contribution in [0.3, 0.4) is 0 Å². The third-order valence-corrected chi connectivity index (χ3v) is 6.30. The van der Waals surface area contributed by atoms with E-state index in [1.807, 2.05) is 0 Å². The summed E-state index contributed by atoms with van der Waals surface area (Å²) in [6.45, 7) is 13.4. The van der Waals surface area contributed by atoms with Crippen molar-refractivity contribution in [1.82, 2.24) is 4.57 Å². The van der Waals surface area contributed by atoms with Gasteiger partial charge in [0.1, 0.15) is 0 Å². The molecule has 3 unspecified atom stereocenters. The van der Waals surface area contributed by atoms with Crippen molar-refractivity contribution in [2.45, 2.75) is 72.1 Å². The monoisotopic (exact) mass is 369 g/mol. The Labute approximate surface area is 166 Å². The number of aromatic nitrogens is 1. The van der Waals surface area contributed by atoms with Crippen molar-refractivity contribution in [3.63, 3.8) is 0 Å². The van der Waals surface area contributed by atoms with E-state index < -0.39 is 0 Å². The van der Waals surface area contributed by atoms with Crippen LogP contribution in [0.1, 0.15) is 77.0 Å². The Morgan fingerprint density at radius 3 is 2.48 bits per heavy atom. The van der Waals surface area contributed by atoms with Crippen molar-refractivity contribution < 1.29 is 4.74 Å². The molecule has 27 heavy (non-hydrogen) atoms. The first-order valence-corrected chi connectivity index (χ1v) is 10.7. The number of allylic oxidation sites excluding steroid dienone is 1. The maximum atomic E-state index is 5.44. The van der Waals surface area contributed by atoms with Crippen molar-refractivity contribution in [1.29, 1.82) is 0 Å². The highest BCUT2D eigenvalue weighted by Crippen LogP contribution is 2.39. The van der Waals surface area contributed by atoms with E-state index >= 15 is 0 Å². The summed E-state index contributed by atoms with van der Waals surface area (Å²) in [5.41, 5.74) is 4.46. The van der Waals surface area contributed by atoms with Crippen molar-refractivity contribution >= 4 is 10.9 Å². The largest absolute Gasteiger partial charge is 0.501 e. The van der Waals surface area contributed by atoms with Gasteiger partial charge in [-0.15, -0.1) is 0 Å². The van der Waals surface area contributed by atoms with E-state index in [1.54, 1.807) is 12.7 Å². The molecule has 2 nitrogen and oxygen atoms in total. The third-order valence-electron chi connectivity index (χ3n) is 6.30. The van der Waals surface area contributed by atoms with Crippen LogP contribution < -0.4 is 0 Å². The second-order valence-electron chi connectivity index (χ2n) is 8.19. The molecule has 0 amide bonds. The van der Waals surface area contributed by atoms with Crippen LogP contribution in [0.5, 0.6) is 0 Å². The first-order valence-electron chi connectivity index (χ1n) is 10.7. The number of benzene rings is 1. The minimum Gasteiger partial charge on any atom is -0.501 e. The second kappa shape index (κ2) is 10.0. The Kier molecular flexibility index (Phi) is 8.01. The lowest BCUT2D eigenvalue weighted by molar-refractivity contribution is 0.220. The van der Waals surface area contributed by atoms with E-state index in [-0.39, 0.29) is 0 Å². The van der Waals surface area contributed by atoms with Gasteiger partial charge < -0.3 is 9.30 Å². The predicted molar refractivity (Wildman–Crippen MR) is 118 cm³/mol. The summed E-state index contributed by atoms with van der Waals surface area (Å²) in [7, 11) is 3.99. The molecule has 1 aromatic heterocycles. The molecule has 0 aliphatic rings. The van der Waals surface area contributed by atoms with Crippen molar-refractivity contribution in [3.8, 4) is 0 Å². The summed E-state index contributed by atoms with van der Waals surface area (Å²) in [5, 5.41) is 1.44. The summed E-state index contributed by atoms with van der Waals surface area (Å²) in [5.74, 6) is 2.48. The average molecular weight is 370 g/mol. The van der Waals surface area contributed by atoms with Crippen LogP contribution in [-0.4, -0.2) is 11.7 Å². The van der Waals surface area contributed by atoms with Crippen molar-refractivity contribution in [3.05, 3.63) is 47.9 Å². The highest BCUT2D eigenvalue weighted by atomic mass is 16.5. The molecule has 0 aliphatic heterocycles. The average Bonchev–Trinajstić information content (AvgIpc) is 2.96. The van der Waals surface area contributed by atoms with Gasteiger partial charge in [-0.1, -0.05) is 71.7 Å². The van der Waals surface area contributed by atoms with E-state index in [1.165, 1.54) is 42.3 Å². The van der Waals surface area contributed by atoms with Gasteiger partial charge in [0.05, 0.1) is 12.9 Å². The first-order chi connectivity index (χ1) is 13.0. The minimum atomic E-state index is 0.392. The van der Waals surface area contributed by atoms with Crippen LogP contribution in [0.25, 0.3) is 10.9 Å². The molecule has 1 heterocycles. The molecule has 0 N–H and O–H groups in total. The van der Waals surface area contributed by atoms with E-state index in [4.69, 9.17) is 4.74 Å². The Morgan fingerprint density at radius 2 is 1.85 bits per heavy atom. The second-order valence-corrected chi connectivity index (χ2v) is 8.19. The van der Waals surface area contributed by atoms with Crippen LogP contribution in [0, 0.1) is 11.8 Å². The summed E-state index contributed by atoms with van der Waals surface area (Å²) in [6.07, 6.45) is 7.28. The molecule has 0 saturated heterocycles. The number of hydrogen-bond donors (Lipinski definition) is 0. The fourth-order valence-corrected chi connectivity index (χ4v) is 4.63. The zero-order valence-corrected chi connectivity index (χ0v) is 18.3. The molecule has 0 spiro atoms. The van der Waals surface area contributed by atoms with Gasteiger partial charge in [0, 0.05) is 29.6 Å².